The predicted molar refractivity (Wildman–Crippen MR) is 75.2 cm³/mol. The monoisotopic (exact) mass is 258 g/mol. The van der Waals surface area contributed by atoms with E-state index in [9.17, 15) is 4.79 Å². The summed E-state index contributed by atoms with van der Waals surface area (Å²) in [5.41, 5.74) is 3.14. The zero-order valence-corrected chi connectivity index (χ0v) is 11.2. The molecule has 2 aromatic rings. The molecule has 0 amide bonds. The average Bonchev–Trinajstić information content (AvgIpc) is 2.32. The van der Waals surface area contributed by atoms with Crippen LogP contribution < -0.4 is 0 Å². The highest BCUT2D eigenvalue weighted by Crippen LogP contribution is 2.27. The van der Waals surface area contributed by atoms with E-state index < -0.39 is 0 Å². The maximum atomic E-state index is 11.9. The summed E-state index contributed by atoms with van der Waals surface area (Å²) < 4.78 is 0. The Balaban J connectivity index is 2.46. The molecule has 2 heteroatoms. The number of carbonyl (C=O) groups excluding carboxylic acids is 1. The van der Waals surface area contributed by atoms with Crippen molar-refractivity contribution in [2.75, 3.05) is 0 Å². The summed E-state index contributed by atoms with van der Waals surface area (Å²) in [4.78, 5) is 11.9. The van der Waals surface area contributed by atoms with Crippen LogP contribution in [0.2, 0.25) is 5.02 Å². The van der Waals surface area contributed by atoms with Crippen LogP contribution in [0, 0.1) is 6.92 Å². The van der Waals surface area contributed by atoms with Crippen molar-refractivity contribution in [3.8, 4) is 0 Å². The maximum Gasteiger partial charge on any atom is 0.141 e. The third-order valence-electron chi connectivity index (χ3n) is 3.00. The lowest BCUT2D eigenvalue weighted by molar-refractivity contribution is -0.117. The van der Waals surface area contributed by atoms with E-state index in [-0.39, 0.29) is 11.7 Å². The van der Waals surface area contributed by atoms with Gasteiger partial charge < -0.3 is 0 Å². The summed E-state index contributed by atoms with van der Waals surface area (Å²) in [6.07, 6.45) is 0. The van der Waals surface area contributed by atoms with Crippen LogP contribution in [-0.4, -0.2) is 5.78 Å². The number of hydrogen-bond acceptors (Lipinski definition) is 1. The van der Waals surface area contributed by atoms with E-state index in [0.29, 0.717) is 5.02 Å². The molecule has 92 valence electrons. The van der Waals surface area contributed by atoms with Crippen LogP contribution in [0.3, 0.4) is 0 Å². The number of rotatable bonds is 3. The third-order valence-corrected chi connectivity index (χ3v) is 3.23. The van der Waals surface area contributed by atoms with E-state index in [4.69, 9.17) is 11.6 Å². The third kappa shape index (κ3) is 2.80. The van der Waals surface area contributed by atoms with Crippen LogP contribution >= 0.6 is 11.6 Å². The number of aryl methyl sites for hydroxylation is 1. The minimum Gasteiger partial charge on any atom is -0.299 e. The Bertz CT molecular complexity index is 558. The molecule has 0 bridgehead atoms. The molecule has 0 saturated heterocycles. The lowest BCUT2D eigenvalue weighted by Gasteiger charge is -2.15. The van der Waals surface area contributed by atoms with Crippen molar-refractivity contribution in [1.29, 1.82) is 0 Å². The van der Waals surface area contributed by atoms with Crippen molar-refractivity contribution in [3.05, 3.63) is 70.2 Å². The Morgan fingerprint density at radius 2 is 1.72 bits per heavy atom. The molecule has 2 aromatic carbocycles. The van der Waals surface area contributed by atoms with Gasteiger partial charge in [0.1, 0.15) is 5.78 Å². The van der Waals surface area contributed by atoms with Crippen LogP contribution in [0.1, 0.15) is 29.5 Å². The molecule has 18 heavy (non-hydrogen) atoms. The topological polar surface area (TPSA) is 17.1 Å². The first-order valence-electron chi connectivity index (χ1n) is 5.90. The number of benzene rings is 2. The normalized spacial score (nSPS) is 12.2. The SMILES string of the molecule is CC(=O)C(c1ccc(C)cc1)c1cccc(Cl)c1. The first kappa shape index (κ1) is 12.8. The van der Waals surface area contributed by atoms with Gasteiger partial charge in [0.05, 0.1) is 5.92 Å². The number of hydrogen-bond donors (Lipinski definition) is 0. The lowest BCUT2D eigenvalue weighted by Crippen LogP contribution is -2.10. The van der Waals surface area contributed by atoms with Gasteiger partial charge in [0.15, 0.2) is 0 Å². The Morgan fingerprint density at radius 3 is 2.28 bits per heavy atom. The fourth-order valence-corrected chi connectivity index (χ4v) is 2.31. The highest BCUT2D eigenvalue weighted by molar-refractivity contribution is 6.30. The first-order valence-corrected chi connectivity index (χ1v) is 6.28. The summed E-state index contributed by atoms with van der Waals surface area (Å²) in [6, 6.07) is 15.5. The van der Waals surface area contributed by atoms with Crippen LogP contribution in [0.15, 0.2) is 48.5 Å². The molecule has 0 aliphatic heterocycles. The quantitative estimate of drug-likeness (QED) is 0.799. The van der Waals surface area contributed by atoms with Gasteiger partial charge in [-0.2, -0.15) is 0 Å². The number of ketones is 1. The van der Waals surface area contributed by atoms with Gasteiger partial charge in [-0.3, -0.25) is 4.79 Å². The molecule has 0 N–H and O–H groups in total. The van der Waals surface area contributed by atoms with Crippen LogP contribution in [0.4, 0.5) is 0 Å². The van der Waals surface area contributed by atoms with Crippen molar-refractivity contribution >= 4 is 17.4 Å². The highest BCUT2D eigenvalue weighted by Gasteiger charge is 2.18. The Hall–Kier alpha value is -1.60. The fraction of sp³-hybridized carbons (Fsp3) is 0.188. The molecule has 0 radical (unpaired) electrons. The molecule has 0 saturated carbocycles. The Labute approximate surface area is 112 Å². The molecule has 2 rings (SSSR count). The van der Waals surface area contributed by atoms with E-state index >= 15 is 0 Å². The van der Waals surface area contributed by atoms with Gasteiger partial charge >= 0.3 is 0 Å². The second-order valence-electron chi connectivity index (χ2n) is 4.51. The molecule has 0 spiro atoms. The molecule has 0 fully saturated rings. The molecular formula is C16H15ClO. The molecule has 0 aliphatic rings. The van der Waals surface area contributed by atoms with Gasteiger partial charge in [0.2, 0.25) is 0 Å². The van der Waals surface area contributed by atoms with Crippen LogP contribution in [-0.2, 0) is 4.79 Å². The molecule has 1 nitrogen and oxygen atoms in total. The first-order chi connectivity index (χ1) is 8.58. The minimum atomic E-state index is -0.232. The highest BCUT2D eigenvalue weighted by atomic mass is 35.5. The maximum absolute atomic E-state index is 11.9. The fourth-order valence-electron chi connectivity index (χ4n) is 2.11. The largest absolute Gasteiger partial charge is 0.299 e. The summed E-state index contributed by atoms with van der Waals surface area (Å²) in [6.45, 7) is 3.65. The minimum absolute atomic E-state index is 0.126. The van der Waals surface area contributed by atoms with Gasteiger partial charge in [0, 0.05) is 5.02 Å². The van der Waals surface area contributed by atoms with Crippen LogP contribution in [0.25, 0.3) is 0 Å². The van der Waals surface area contributed by atoms with Crippen molar-refractivity contribution in [3.63, 3.8) is 0 Å². The van der Waals surface area contributed by atoms with Crippen molar-refractivity contribution < 1.29 is 4.79 Å². The second kappa shape index (κ2) is 5.36. The van der Waals surface area contributed by atoms with E-state index in [1.807, 2.05) is 55.5 Å². The zero-order chi connectivity index (χ0) is 13.1. The average molecular weight is 259 g/mol. The summed E-state index contributed by atoms with van der Waals surface area (Å²) in [5.74, 6) is -0.106. The van der Waals surface area contributed by atoms with Gasteiger partial charge in [0.25, 0.3) is 0 Å². The van der Waals surface area contributed by atoms with Crippen LogP contribution in [0.5, 0.6) is 0 Å². The molecule has 0 aliphatic carbocycles. The molecular weight excluding hydrogens is 244 g/mol. The summed E-state index contributed by atoms with van der Waals surface area (Å²) >= 11 is 5.99. The van der Waals surface area contributed by atoms with Crippen molar-refractivity contribution in [1.82, 2.24) is 0 Å². The smallest absolute Gasteiger partial charge is 0.141 e. The van der Waals surface area contributed by atoms with Gasteiger partial charge in [-0.25, -0.2) is 0 Å². The predicted octanol–water partition coefficient (Wildman–Crippen LogP) is 4.37. The van der Waals surface area contributed by atoms with E-state index in [2.05, 4.69) is 0 Å². The Kier molecular flexibility index (Phi) is 3.83. The summed E-state index contributed by atoms with van der Waals surface area (Å²) in [7, 11) is 0. The lowest BCUT2D eigenvalue weighted by atomic mass is 9.88. The standard InChI is InChI=1S/C16H15ClO/c1-11-6-8-13(9-7-11)16(12(2)18)14-4-3-5-15(17)10-14/h3-10,16H,1-2H3. The zero-order valence-electron chi connectivity index (χ0n) is 10.5. The molecule has 1 atom stereocenters. The van der Waals surface area contributed by atoms with Gasteiger partial charge in [-0.1, -0.05) is 53.6 Å². The van der Waals surface area contributed by atoms with E-state index in [1.165, 1.54) is 5.56 Å². The Morgan fingerprint density at radius 1 is 1.06 bits per heavy atom. The summed E-state index contributed by atoms with van der Waals surface area (Å²) in [5, 5.41) is 0.658. The molecule has 1 unspecified atom stereocenters. The number of halogens is 1. The van der Waals surface area contributed by atoms with Gasteiger partial charge in [-0.15, -0.1) is 0 Å². The molecule has 0 heterocycles. The van der Waals surface area contributed by atoms with E-state index in [0.717, 1.165) is 11.1 Å². The van der Waals surface area contributed by atoms with Crippen molar-refractivity contribution in [2.24, 2.45) is 0 Å². The number of Topliss-reactive ketones (excluding diaryl/α,β-unsaturated/α-hetero) is 1. The van der Waals surface area contributed by atoms with Gasteiger partial charge in [-0.05, 0) is 37.1 Å². The second-order valence-corrected chi connectivity index (χ2v) is 4.95. The van der Waals surface area contributed by atoms with E-state index in [1.54, 1.807) is 6.92 Å². The molecule has 0 aromatic heterocycles. The van der Waals surface area contributed by atoms with Crippen molar-refractivity contribution in [2.45, 2.75) is 19.8 Å². The number of carbonyl (C=O) groups is 1.